The molecule has 0 unspecified atom stereocenters. The van der Waals surface area contributed by atoms with Gasteiger partial charge in [-0.1, -0.05) is 18.2 Å². The van der Waals surface area contributed by atoms with Gasteiger partial charge in [-0.2, -0.15) is 8.78 Å². The van der Waals surface area contributed by atoms with E-state index in [2.05, 4.69) is 10.1 Å². The van der Waals surface area contributed by atoms with Crippen LogP contribution in [0.4, 0.5) is 14.5 Å². The van der Waals surface area contributed by atoms with E-state index >= 15 is 0 Å². The molecule has 0 atom stereocenters. The van der Waals surface area contributed by atoms with Gasteiger partial charge in [0, 0.05) is 0 Å². The highest BCUT2D eigenvalue weighted by Gasteiger charge is 2.16. The Bertz CT molecular complexity index is 969. The quantitative estimate of drug-likeness (QED) is 0.595. The second kappa shape index (κ2) is 8.56. The Balaban J connectivity index is 1.66. The van der Waals surface area contributed by atoms with E-state index in [1.54, 1.807) is 19.1 Å². The maximum Gasteiger partial charge on any atom is 0.387 e. The summed E-state index contributed by atoms with van der Waals surface area (Å²) in [5.41, 5.74) is 1.92. The van der Waals surface area contributed by atoms with Crippen molar-refractivity contribution < 1.29 is 27.5 Å². The minimum Gasteiger partial charge on any atom is -0.486 e. The first-order valence-electron chi connectivity index (χ1n) is 8.56. The number of rotatable bonds is 7. The van der Waals surface area contributed by atoms with Crippen LogP contribution in [-0.2, 0) is 6.61 Å². The fourth-order valence-corrected chi connectivity index (χ4v) is 2.55. The molecule has 28 heavy (non-hydrogen) atoms. The van der Waals surface area contributed by atoms with Gasteiger partial charge in [0.15, 0.2) is 5.76 Å². The summed E-state index contributed by atoms with van der Waals surface area (Å²) in [5.74, 6) is 0.490. The molecular formula is C21H19F2NO4. The number of hydrogen-bond donors (Lipinski definition) is 1. The molecule has 1 aromatic heterocycles. The number of nitrogens with one attached hydrogen (secondary N) is 1. The lowest BCUT2D eigenvalue weighted by Gasteiger charge is -2.12. The highest BCUT2D eigenvalue weighted by molar-refractivity contribution is 6.03. The first-order chi connectivity index (χ1) is 13.4. The zero-order valence-corrected chi connectivity index (χ0v) is 15.4. The van der Waals surface area contributed by atoms with Crippen molar-refractivity contribution >= 4 is 11.6 Å². The van der Waals surface area contributed by atoms with Gasteiger partial charge in [-0.3, -0.25) is 4.79 Å². The van der Waals surface area contributed by atoms with Gasteiger partial charge in [-0.05, 0) is 61.4 Å². The van der Waals surface area contributed by atoms with E-state index in [9.17, 15) is 13.6 Å². The minimum atomic E-state index is -2.99. The second-order valence-corrected chi connectivity index (χ2v) is 6.20. The van der Waals surface area contributed by atoms with E-state index < -0.39 is 12.5 Å². The molecule has 1 heterocycles. The number of ether oxygens (including phenoxy) is 2. The lowest BCUT2D eigenvalue weighted by molar-refractivity contribution is -0.0494. The van der Waals surface area contributed by atoms with Crippen molar-refractivity contribution in [1.82, 2.24) is 0 Å². The zero-order valence-electron chi connectivity index (χ0n) is 15.4. The summed E-state index contributed by atoms with van der Waals surface area (Å²) in [6, 6.07) is 15.3. The molecule has 0 aliphatic rings. The molecule has 1 amide bonds. The number of alkyl halides is 2. The largest absolute Gasteiger partial charge is 0.486 e. The number of anilines is 1. The Morgan fingerprint density at radius 3 is 2.61 bits per heavy atom. The number of carbonyl (C=O) groups is 1. The Hall–Kier alpha value is -3.35. The smallest absolute Gasteiger partial charge is 0.387 e. The summed E-state index contributed by atoms with van der Waals surface area (Å²) < 4.78 is 40.7. The van der Waals surface area contributed by atoms with Crippen molar-refractivity contribution in [2.45, 2.75) is 27.1 Å². The monoisotopic (exact) mass is 387 g/mol. The molecule has 0 bridgehead atoms. The molecule has 0 spiro atoms. The average molecular weight is 387 g/mol. The number of hydrogen-bond acceptors (Lipinski definition) is 4. The van der Waals surface area contributed by atoms with Crippen molar-refractivity contribution in [2.24, 2.45) is 0 Å². The van der Waals surface area contributed by atoms with E-state index in [1.807, 2.05) is 31.2 Å². The van der Waals surface area contributed by atoms with Gasteiger partial charge in [0.05, 0.1) is 5.69 Å². The molecule has 0 aliphatic heterocycles. The molecule has 0 saturated heterocycles. The lowest BCUT2D eigenvalue weighted by atomic mass is 10.2. The first kappa shape index (κ1) is 19.4. The van der Waals surface area contributed by atoms with E-state index in [0.29, 0.717) is 11.5 Å². The number of benzene rings is 2. The van der Waals surface area contributed by atoms with Crippen molar-refractivity contribution in [1.29, 1.82) is 0 Å². The summed E-state index contributed by atoms with van der Waals surface area (Å²) in [6.07, 6.45) is 0. The van der Waals surface area contributed by atoms with Crippen LogP contribution in [0, 0.1) is 13.8 Å². The van der Waals surface area contributed by atoms with Crippen LogP contribution < -0.4 is 14.8 Å². The highest BCUT2D eigenvalue weighted by Crippen LogP contribution is 2.28. The number of halogens is 2. The van der Waals surface area contributed by atoms with Crippen LogP contribution in [0.15, 0.2) is 59.0 Å². The van der Waals surface area contributed by atoms with Crippen LogP contribution in [0.5, 0.6) is 11.5 Å². The first-order valence-corrected chi connectivity index (χ1v) is 8.56. The van der Waals surface area contributed by atoms with E-state index in [4.69, 9.17) is 9.15 Å². The topological polar surface area (TPSA) is 60.7 Å². The predicted octanol–water partition coefficient (Wildman–Crippen LogP) is 5.33. The van der Waals surface area contributed by atoms with Crippen molar-refractivity contribution in [3.8, 4) is 11.5 Å². The summed E-state index contributed by atoms with van der Waals surface area (Å²) in [6.45, 7) is 0.850. The summed E-state index contributed by atoms with van der Waals surface area (Å²) in [4.78, 5) is 12.4. The van der Waals surface area contributed by atoms with Crippen LogP contribution in [0.2, 0.25) is 0 Å². The van der Waals surface area contributed by atoms with Gasteiger partial charge < -0.3 is 19.2 Å². The Morgan fingerprint density at radius 2 is 1.86 bits per heavy atom. The number of carbonyl (C=O) groups excluding carboxylic acids is 1. The van der Waals surface area contributed by atoms with Crippen molar-refractivity contribution in [3.63, 3.8) is 0 Å². The summed E-state index contributed by atoms with van der Waals surface area (Å²) >= 11 is 0. The SMILES string of the molecule is Cc1cccc(OCc2ccc(C(=O)Nc3ccc(C)cc3OC(F)F)o2)c1. The van der Waals surface area contributed by atoms with Gasteiger partial charge >= 0.3 is 6.61 Å². The molecule has 2 aromatic carbocycles. The highest BCUT2D eigenvalue weighted by atomic mass is 19.3. The number of amides is 1. The molecule has 3 rings (SSSR count). The van der Waals surface area contributed by atoms with E-state index in [-0.39, 0.29) is 23.8 Å². The minimum absolute atomic E-state index is 0.0337. The summed E-state index contributed by atoms with van der Waals surface area (Å²) in [7, 11) is 0. The maximum absolute atomic E-state index is 12.6. The third-order valence-electron chi connectivity index (χ3n) is 3.86. The molecule has 3 aromatic rings. The third-order valence-corrected chi connectivity index (χ3v) is 3.86. The van der Waals surface area contributed by atoms with Crippen LogP contribution in [0.1, 0.15) is 27.4 Å². The van der Waals surface area contributed by atoms with Crippen molar-refractivity contribution in [3.05, 3.63) is 77.2 Å². The fourth-order valence-electron chi connectivity index (χ4n) is 2.55. The number of aryl methyl sites for hydroxylation is 2. The van der Waals surface area contributed by atoms with Gasteiger partial charge in [-0.15, -0.1) is 0 Å². The standard InChI is InChI=1S/C21H19F2NO4/c1-13-4-3-5-15(10-13)26-12-16-7-9-18(27-16)20(25)24-17-8-6-14(2)11-19(17)28-21(22)23/h3-11,21H,12H2,1-2H3,(H,24,25). The second-order valence-electron chi connectivity index (χ2n) is 6.20. The van der Waals surface area contributed by atoms with E-state index in [1.165, 1.54) is 18.2 Å². The average Bonchev–Trinajstić information content (AvgIpc) is 3.11. The predicted molar refractivity (Wildman–Crippen MR) is 100.0 cm³/mol. The Morgan fingerprint density at radius 1 is 1.07 bits per heavy atom. The molecule has 1 N–H and O–H groups in total. The van der Waals surface area contributed by atoms with E-state index in [0.717, 1.165) is 11.1 Å². The molecule has 0 saturated carbocycles. The zero-order chi connectivity index (χ0) is 20.1. The maximum atomic E-state index is 12.6. The molecular weight excluding hydrogens is 368 g/mol. The molecule has 146 valence electrons. The third kappa shape index (κ3) is 5.09. The van der Waals surface area contributed by atoms with Gasteiger partial charge in [0.2, 0.25) is 0 Å². The normalized spacial score (nSPS) is 10.8. The van der Waals surface area contributed by atoms with Crippen LogP contribution >= 0.6 is 0 Å². The molecule has 0 fully saturated rings. The fraction of sp³-hybridized carbons (Fsp3) is 0.190. The molecule has 7 heteroatoms. The molecule has 0 radical (unpaired) electrons. The Labute approximate surface area is 160 Å². The molecule has 5 nitrogen and oxygen atoms in total. The Kier molecular flexibility index (Phi) is 5.93. The number of furan rings is 1. The van der Waals surface area contributed by atoms with Crippen LogP contribution in [0.3, 0.4) is 0 Å². The van der Waals surface area contributed by atoms with Crippen LogP contribution in [-0.4, -0.2) is 12.5 Å². The van der Waals surface area contributed by atoms with Crippen molar-refractivity contribution in [2.75, 3.05) is 5.32 Å². The van der Waals surface area contributed by atoms with Gasteiger partial charge in [0.25, 0.3) is 5.91 Å². The molecule has 0 aliphatic carbocycles. The summed E-state index contributed by atoms with van der Waals surface area (Å²) in [5, 5.41) is 2.52. The van der Waals surface area contributed by atoms with Gasteiger partial charge in [-0.25, -0.2) is 0 Å². The van der Waals surface area contributed by atoms with Crippen LogP contribution in [0.25, 0.3) is 0 Å². The lowest BCUT2D eigenvalue weighted by Crippen LogP contribution is -2.13. The van der Waals surface area contributed by atoms with Gasteiger partial charge in [0.1, 0.15) is 23.9 Å².